The summed E-state index contributed by atoms with van der Waals surface area (Å²) in [6.45, 7) is 4.81. The maximum absolute atomic E-state index is 12.3. The number of hydrogen-bond acceptors (Lipinski definition) is 2. The summed E-state index contributed by atoms with van der Waals surface area (Å²) in [7, 11) is 2.04. The molecule has 0 atom stereocenters. The number of anilines is 1. The van der Waals surface area contributed by atoms with Gasteiger partial charge in [0.15, 0.2) is 5.78 Å². The van der Waals surface area contributed by atoms with Gasteiger partial charge in [0.05, 0.1) is 0 Å². The summed E-state index contributed by atoms with van der Waals surface area (Å²) < 4.78 is 0. The fourth-order valence-electron chi connectivity index (χ4n) is 2.40. The average molecular weight is 267 g/mol. The quantitative estimate of drug-likeness (QED) is 0.763. The molecule has 0 fully saturated rings. The first-order valence-electron chi connectivity index (χ1n) is 6.95. The number of hydrogen-bond donors (Lipinski definition) is 0. The molecule has 0 bridgehead atoms. The second-order valence-corrected chi connectivity index (χ2v) is 5.20. The smallest absolute Gasteiger partial charge is 0.164 e. The molecule has 2 rings (SSSR count). The average Bonchev–Trinajstić information content (AvgIpc) is 2.45. The molecule has 0 aliphatic carbocycles. The number of rotatable bonds is 5. The largest absolute Gasteiger partial charge is 0.374 e. The van der Waals surface area contributed by atoms with Crippen LogP contribution in [0.15, 0.2) is 48.5 Å². The summed E-state index contributed by atoms with van der Waals surface area (Å²) >= 11 is 0. The van der Waals surface area contributed by atoms with E-state index in [-0.39, 0.29) is 5.78 Å². The molecule has 0 spiro atoms. The van der Waals surface area contributed by atoms with Crippen LogP contribution in [0.4, 0.5) is 5.69 Å². The van der Waals surface area contributed by atoms with Crippen molar-refractivity contribution >= 4 is 11.5 Å². The lowest BCUT2D eigenvalue weighted by molar-refractivity contribution is 0.0984. The van der Waals surface area contributed by atoms with Crippen molar-refractivity contribution in [1.82, 2.24) is 0 Å². The Morgan fingerprint density at radius 1 is 0.950 bits per heavy atom. The first kappa shape index (κ1) is 14.3. The molecule has 104 valence electrons. The number of benzene rings is 2. The van der Waals surface area contributed by atoms with Gasteiger partial charge in [0.25, 0.3) is 0 Å². The van der Waals surface area contributed by atoms with E-state index in [4.69, 9.17) is 0 Å². The maximum atomic E-state index is 12.3. The highest BCUT2D eigenvalue weighted by molar-refractivity contribution is 5.97. The molecule has 0 saturated heterocycles. The van der Waals surface area contributed by atoms with Gasteiger partial charge in [0.2, 0.25) is 0 Å². The number of ketones is 1. The van der Waals surface area contributed by atoms with Crippen molar-refractivity contribution in [2.45, 2.75) is 20.3 Å². The van der Waals surface area contributed by atoms with Crippen LogP contribution in [-0.2, 0) is 0 Å². The molecule has 20 heavy (non-hydrogen) atoms. The minimum absolute atomic E-state index is 0.212. The van der Waals surface area contributed by atoms with E-state index in [2.05, 4.69) is 24.0 Å². The highest BCUT2D eigenvalue weighted by Crippen LogP contribution is 2.18. The highest BCUT2D eigenvalue weighted by atomic mass is 16.1. The molecule has 0 saturated carbocycles. The van der Waals surface area contributed by atoms with Crippen molar-refractivity contribution in [2.24, 2.45) is 0 Å². The van der Waals surface area contributed by atoms with Crippen LogP contribution in [-0.4, -0.2) is 19.4 Å². The van der Waals surface area contributed by atoms with Gasteiger partial charge in [-0.2, -0.15) is 0 Å². The van der Waals surface area contributed by atoms with Crippen molar-refractivity contribution in [2.75, 3.05) is 18.5 Å². The Hall–Kier alpha value is -2.09. The number of carbonyl (C=O) groups is 1. The summed E-state index contributed by atoms with van der Waals surface area (Å²) in [4.78, 5) is 14.4. The van der Waals surface area contributed by atoms with Crippen LogP contribution in [0.3, 0.4) is 0 Å². The van der Waals surface area contributed by atoms with E-state index in [1.807, 2.05) is 50.4 Å². The summed E-state index contributed by atoms with van der Waals surface area (Å²) in [5.41, 5.74) is 4.31. The lowest BCUT2D eigenvalue weighted by Gasteiger charge is -2.21. The SMILES string of the molecule is Cc1ccccc1C(=O)CCN(C)c1ccccc1C. The van der Waals surface area contributed by atoms with Crippen molar-refractivity contribution in [1.29, 1.82) is 0 Å². The van der Waals surface area contributed by atoms with Gasteiger partial charge in [0.1, 0.15) is 0 Å². The first-order valence-corrected chi connectivity index (χ1v) is 6.95. The Morgan fingerprint density at radius 2 is 1.55 bits per heavy atom. The number of aryl methyl sites for hydroxylation is 2. The molecule has 0 N–H and O–H groups in total. The molecule has 0 amide bonds. The molecule has 0 heterocycles. The number of nitrogens with zero attached hydrogens (tertiary/aromatic N) is 1. The molecule has 2 aromatic rings. The summed E-state index contributed by atoms with van der Waals surface area (Å²) in [5.74, 6) is 0.212. The monoisotopic (exact) mass is 267 g/mol. The van der Waals surface area contributed by atoms with E-state index in [0.717, 1.165) is 17.7 Å². The van der Waals surface area contributed by atoms with Crippen LogP contribution in [0.2, 0.25) is 0 Å². The summed E-state index contributed by atoms with van der Waals surface area (Å²) in [6, 6.07) is 16.0. The van der Waals surface area contributed by atoms with Gasteiger partial charge in [0, 0.05) is 31.3 Å². The van der Waals surface area contributed by atoms with Gasteiger partial charge in [-0.1, -0.05) is 42.5 Å². The normalized spacial score (nSPS) is 10.3. The zero-order valence-corrected chi connectivity index (χ0v) is 12.4. The second-order valence-electron chi connectivity index (χ2n) is 5.20. The standard InChI is InChI=1S/C18H21NO/c1-14-8-4-6-10-16(14)18(20)12-13-19(3)17-11-7-5-9-15(17)2/h4-11H,12-13H2,1-3H3. The molecule has 2 nitrogen and oxygen atoms in total. The lowest BCUT2D eigenvalue weighted by Crippen LogP contribution is -2.22. The van der Waals surface area contributed by atoms with Gasteiger partial charge in [-0.25, -0.2) is 0 Å². The lowest BCUT2D eigenvalue weighted by atomic mass is 10.0. The third-order valence-electron chi connectivity index (χ3n) is 3.65. The van der Waals surface area contributed by atoms with Crippen molar-refractivity contribution < 1.29 is 4.79 Å². The van der Waals surface area contributed by atoms with Crippen LogP contribution in [0.25, 0.3) is 0 Å². The maximum Gasteiger partial charge on any atom is 0.164 e. The molecule has 0 aromatic heterocycles. The summed E-state index contributed by atoms with van der Waals surface area (Å²) in [5, 5.41) is 0. The number of carbonyl (C=O) groups excluding carboxylic acids is 1. The van der Waals surface area contributed by atoms with Crippen molar-refractivity contribution in [3.8, 4) is 0 Å². The minimum atomic E-state index is 0.212. The highest BCUT2D eigenvalue weighted by Gasteiger charge is 2.10. The molecule has 2 aromatic carbocycles. The Labute approximate surface area is 121 Å². The molecule has 0 unspecified atom stereocenters. The van der Waals surface area contributed by atoms with E-state index in [1.165, 1.54) is 11.3 Å². The zero-order valence-electron chi connectivity index (χ0n) is 12.4. The molecular formula is C18H21NO. The van der Waals surface area contributed by atoms with E-state index < -0.39 is 0 Å². The Balaban J connectivity index is 2.01. The van der Waals surface area contributed by atoms with Gasteiger partial charge < -0.3 is 4.90 Å². The van der Waals surface area contributed by atoms with Crippen molar-refractivity contribution in [3.05, 3.63) is 65.2 Å². The third kappa shape index (κ3) is 3.27. The Bertz CT molecular complexity index is 604. The Morgan fingerprint density at radius 3 is 2.20 bits per heavy atom. The fourth-order valence-corrected chi connectivity index (χ4v) is 2.40. The van der Waals surface area contributed by atoms with Crippen molar-refractivity contribution in [3.63, 3.8) is 0 Å². The van der Waals surface area contributed by atoms with Gasteiger partial charge >= 0.3 is 0 Å². The van der Waals surface area contributed by atoms with E-state index in [0.29, 0.717) is 6.42 Å². The van der Waals surface area contributed by atoms with Gasteiger partial charge in [-0.3, -0.25) is 4.79 Å². The number of para-hydroxylation sites is 1. The number of Topliss-reactive ketones (excluding diaryl/α,β-unsaturated/α-hetero) is 1. The van der Waals surface area contributed by atoms with Crippen LogP contribution in [0, 0.1) is 13.8 Å². The van der Waals surface area contributed by atoms with Crippen LogP contribution in [0.1, 0.15) is 27.9 Å². The minimum Gasteiger partial charge on any atom is -0.374 e. The zero-order chi connectivity index (χ0) is 14.5. The molecule has 2 heteroatoms. The first-order chi connectivity index (χ1) is 9.59. The van der Waals surface area contributed by atoms with Crippen LogP contribution in [0.5, 0.6) is 0 Å². The van der Waals surface area contributed by atoms with E-state index >= 15 is 0 Å². The van der Waals surface area contributed by atoms with Crippen LogP contribution < -0.4 is 4.90 Å². The van der Waals surface area contributed by atoms with Crippen LogP contribution >= 0.6 is 0 Å². The Kier molecular flexibility index (Phi) is 4.57. The predicted molar refractivity (Wildman–Crippen MR) is 84.6 cm³/mol. The fraction of sp³-hybridized carbons (Fsp3) is 0.278. The molecular weight excluding hydrogens is 246 g/mol. The predicted octanol–water partition coefficient (Wildman–Crippen LogP) is 4.01. The molecule has 0 aliphatic heterocycles. The molecule has 0 aliphatic rings. The van der Waals surface area contributed by atoms with E-state index in [9.17, 15) is 4.79 Å². The summed E-state index contributed by atoms with van der Waals surface area (Å²) in [6.07, 6.45) is 0.537. The third-order valence-corrected chi connectivity index (χ3v) is 3.65. The molecule has 0 radical (unpaired) electrons. The van der Waals surface area contributed by atoms with Gasteiger partial charge in [-0.05, 0) is 31.0 Å². The second kappa shape index (κ2) is 6.38. The van der Waals surface area contributed by atoms with Gasteiger partial charge in [-0.15, -0.1) is 0 Å². The topological polar surface area (TPSA) is 20.3 Å². The van der Waals surface area contributed by atoms with E-state index in [1.54, 1.807) is 0 Å².